The third kappa shape index (κ3) is 4.07. The summed E-state index contributed by atoms with van der Waals surface area (Å²) in [5, 5.41) is 21.2. The van der Waals surface area contributed by atoms with Gasteiger partial charge in [-0.15, -0.1) is 0 Å². The van der Waals surface area contributed by atoms with Crippen LogP contribution in [0.15, 0.2) is 48.5 Å². The lowest BCUT2D eigenvalue weighted by Crippen LogP contribution is -2.54. The lowest BCUT2D eigenvalue weighted by Gasteiger charge is -2.43. The van der Waals surface area contributed by atoms with Crippen LogP contribution in [0.1, 0.15) is 24.3 Å². The van der Waals surface area contributed by atoms with Crippen LogP contribution in [-0.2, 0) is 0 Å². The summed E-state index contributed by atoms with van der Waals surface area (Å²) >= 11 is 6.05. The minimum atomic E-state index is -0.649. The van der Waals surface area contributed by atoms with E-state index in [4.69, 9.17) is 28.3 Å². The summed E-state index contributed by atoms with van der Waals surface area (Å²) in [4.78, 5) is 4.12. The molecule has 1 aliphatic rings. The zero-order valence-electron chi connectivity index (χ0n) is 15.7. The first-order valence-corrected chi connectivity index (χ1v) is 9.49. The first-order chi connectivity index (χ1) is 13.4. The summed E-state index contributed by atoms with van der Waals surface area (Å²) < 4.78 is 0. The molecule has 3 rings (SSSR count). The van der Waals surface area contributed by atoms with Crippen molar-refractivity contribution in [3.05, 3.63) is 70.1 Å². The van der Waals surface area contributed by atoms with Gasteiger partial charge in [-0.25, -0.2) is 0 Å². The van der Waals surface area contributed by atoms with Crippen LogP contribution >= 0.6 is 11.6 Å². The van der Waals surface area contributed by atoms with E-state index in [1.807, 2.05) is 35.2 Å². The molecule has 1 aliphatic heterocycles. The highest BCUT2D eigenvalue weighted by molar-refractivity contribution is 6.44. The maximum Gasteiger partial charge on any atom is 0.133 e. The van der Waals surface area contributed by atoms with Crippen molar-refractivity contribution in [2.24, 2.45) is 11.5 Å². The van der Waals surface area contributed by atoms with Gasteiger partial charge in [-0.05, 0) is 30.7 Å². The van der Waals surface area contributed by atoms with Gasteiger partial charge in [0.2, 0.25) is 0 Å². The number of hydrogen-bond donors (Lipinski definition) is 3. The quantitative estimate of drug-likeness (QED) is 0.653. The van der Waals surface area contributed by atoms with E-state index >= 15 is 0 Å². The van der Waals surface area contributed by atoms with Crippen molar-refractivity contribution in [1.82, 2.24) is 9.80 Å². The summed E-state index contributed by atoms with van der Waals surface area (Å²) in [6, 6.07) is 16.9. The molecule has 1 heterocycles. The van der Waals surface area contributed by atoms with E-state index in [-0.39, 0.29) is 11.2 Å². The molecule has 1 saturated heterocycles. The zero-order valence-corrected chi connectivity index (χ0v) is 16.5. The Kier molecular flexibility index (Phi) is 6.10. The number of aliphatic hydroxyl groups excluding tert-OH is 1. The number of nitrogens with two attached hydrogens (primary N) is 2. The summed E-state index contributed by atoms with van der Waals surface area (Å²) in [5.41, 5.74) is 13.6. The lowest BCUT2D eigenvalue weighted by atomic mass is 10.1. The van der Waals surface area contributed by atoms with E-state index in [2.05, 4.69) is 17.9 Å². The Morgan fingerprint density at radius 3 is 2.50 bits per heavy atom. The van der Waals surface area contributed by atoms with Gasteiger partial charge in [0.05, 0.1) is 11.6 Å². The number of aliphatic hydroxyl groups is 1. The molecular formula is C21H24ClN5O. The zero-order chi connectivity index (χ0) is 20.3. The molecule has 2 aromatic carbocycles. The second-order valence-electron chi connectivity index (χ2n) is 6.93. The minimum absolute atomic E-state index is 0.0761. The summed E-state index contributed by atoms with van der Waals surface area (Å²) in [7, 11) is 0. The van der Waals surface area contributed by atoms with Gasteiger partial charge in [0, 0.05) is 36.1 Å². The Hall–Kier alpha value is -2.72. The van der Waals surface area contributed by atoms with E-state index in [9.17, 15) is 5.11 Å². The second-order valence-corrected chi connectivity index (χ2v) is 7.33. The van der Waals surface area contributed by atoms with E-state index < -0.39 is 6.23 Å². The van der Waals surface area contributed by atoms with Gasteiger partial charge in [-0.2, -0.15) is 5.26 Å². The van der Waals surface area contributed by atoms with E-state index in [0.717, 1.165) is 5.56 Å². The van der Waals surface area contributed by atoms with Crippen LogP contribution in [0.3, 0.4) is 0 Å². The number of halogens is 1. The molecule has 5 N–H and O–H groups in total. The minimum Gasteiger partial charge on any atom is -0.389 e. The number of nitriles is 1. The average Bonchev–Trinajstić information content (AvgIpc) is 2.72. The highest BCUT2D eigenvalue weighted by Gasteiger charge is 2.28. The van der Waals surface area contributed by atoms with Crippen LogP contribution in [0.25, 0.3) is 11.0 Å². The molecule has 0 bridgehead atoms. The third-order valence-electron chi connectivity index (χ3n) is 5.09. The van der Waals surface area contributed by atoms with Gasteiger partial charge in [-0.3, -0.25) is 4.90 Å². The van der Waals surface area contributed by atoms with Crippen molar-refractivity contribution in [3.8, 4) is 6.07 Å². The van der Waals surface area contributed by atoms with Gasteiger partial charge in [0.25, 0.3) is 0 Å². The van der Waals surface area contributed by atoms with Crippen molar-refractivity contribution in [3.63, 3.8) is 0 Å². The molecule has 146 valence electrons. The number of benzene rings is 2. The standard InChI is InChI=1S/C21H24ClN5O/c1-14-13-26(21(28)16-5-3-2-4-6-16)9-10-27(14)20(25)17-8-7-15(12-23)11-18(17)19(22)24/h2-8,11,14,21,28H,9-10,13,24-25H2,1H3/b19-18-,20-17+/t14-,21?/m1/s1. The maximum absolute atomic E-state index is 10.7. The van der Waals surface area contributed by atoms with Gasteiger partial charge >= 0.3 is 0 Å². The summed E-state index contributed by atoms with van der Waals surface area (Å²) in [5.74, 6) is 0.560. The van der Waals surface area contributed by atoms with Crippen LogP contribution < -0.4 is 21.9 Å². The normalized spacial score (nSPS) is 20.9. The molecule has 0 spiro atoms. The molecule has 0 amide bonds. The molecule has 28 heavy (non-hydrogen) atoms. The summed E-state index contributed by atoms with van der Waals surface area (Å²) in [6.07, 6.45) is -0.649. The topological polar surface area (TPSA) is 103 Å². The molecule has 0 radical (unpaired) electrons. The summed E-state index contributed by atoms with van der Waals surface area (Å²) in [6.45, 7) is 4.03. The fourth-order valence-electron chi connectivity index (χ4n) is 3.59. The smallest absolute Gasteiger partial charge is 0.133 e. The van der Waals surface area contributed by atoms with Crippen molar-refractivity contribution in [1.29, 1.82) is 5.26 Å². The largest absolute Gasteiger partial charge is 0.389 e. The second kappa shape index (κ2) is 8.53. The van der Waals surface area contributed by atoms with Crippen LogP contribution in [0.5, 0.6) is 0 Å². The predicted molar refractivity (Wildman–Crippen MR) is 111 cm³/mol. The Morgan fingerprint density at radius 1 is 1.18 bits per heavy atom. The fourth-order valence-corrected chi connectivity index (χ4v) is 3.75. The van der Waals surface area contributed by atoms with E-state index in [1.54, 1.807) is 18.2 Å². The molecule has 0 saturated carbocycles. The Balaban J connectivity index is 1.88. The Labute approximate surface area is 169 Å². The predicted octanol–water partition coefficient (Wildman–Crippen LogP) is 0.543. The molecule has 2 aromatic rings. The SMILES string of the molecule is C[C@@H]1CN(C(O)c2ccccc2)CCN1/C(N)=c1\ccc(C#N)c\c1=C(\N)Cl. The number of hydrogen-bond acceptors (Lipinski definition) is 6. The van der Waals surface area contributed by atoms with Crippen LogP contribution in [0.4, 0.5) is 0 Å². The van der Waals surface area contributed by atoms with Crippen molar-refractivity contribution in [2.45, 2.75) is 19.2 Å². The van der Waals surface area contributed by atoms with E-state index in [0.29, 0.717) is 41.5 Å². The van der Waals surface area contributed by atoms with Gasteiger partial charge < -0.3 is 21.5 Å². The fraction of sp³-hybridized carbons (Fsp3) is 0.286. The highest BCUT2D eigenvalue weighted by atomic mass is 35.5. The molecule has 7 heteroatoms. The molecule has 1 unspecified atom stereocenters. The highest BCUT2D eigenvalue weighted by Crippen LogP contribution is 2.22. The molecule has 2 atom stereocenters. The number of rotatable bonds is 3. The Bertz CT molecular complexity index is 998. The van der Waals surface area contributed by atoms with E-state index in [1.165, 1.54) is 0 Å². The first kappa shape index (κ1) is 20.0. The first-order valence-electron chi connectivity index (χ1n) is 9.11. The average molecular weight is 398 g/mol. The molecule has 1 fully saturated rings. The van der Waals surface area contributed by atoms with Gasteiger partial charge in [0.1, 0.15) is 17.2 Å². The maximum atomic E-state index is 10.7. The molecule has 0 aromatic heterocycles. The van der Waals surface area contributed by atoms with Crippen LogP contribution in [0, 0.1) is 11.3 Å². The lowest BCUT2D eigenvalue weighted by molar-refractivity contribution is -0.0329. The Morgan fingerprint density at radius 2 is 1.89 bits per heavy atom. The van der Waals surface area contributed by atoms with Crippen molar-refractivity contribution < 1.29 is 5.11 Å². The van der Waals surface area contributed by atoms with Gasteiger partial charge in [-0.1, -0.05) is 41.9 Å². The van der Waals surface area contributed by atoms with Gasteiger partial charge in [0.15, 0.2) is 0 Å². The number of nitrogens with zero attached hydrogens (tertiary/aromatic N) is 3. The van der Waals surface area contributed by atoms with Crippen molar-refractivity contribution >= 4 is 22.6 Å². The van der Waals surface area contributed by atoms with Crippen LogP contribution in [0.2, 0.25) is 0 Å². The van der Waals surface area contributed by atoms with Crippen molar-refractivity contribution in [2.75, 3.05) is 19.6 Å². The molecular weight excluding hydrogens is 374 g/mol. The van der Waals surface area contributed by atoms with Crippen LogP contribution in [-0.4, -0.2) is 40.6 Å². The molecule has 6 nitrogen and oxygen atoms in total. The number of piperazine rings is 1. The third-order valence-corrected chi connectivity index (χ3v) is 5.30. The molecule has 0 aliphatic carbocycles. The monoisotopic (exact) mass is 397 g/mol.